The molecule has 0 bridgehead atoms. The fourth-order valence-electron chi connectivity index (χ4n) is 4.45. The summed E-state index contributed by atoms with van der Waals surface area (Å²) < 4.78 is 1.94. The quantitative estimate of drug-likeness (QED) is 0.157. The largest absolute Gasteiger partial charge is 0.399 e. The maximum absolute atomic E-state index is 13.5. The third-order valence-corrected chi connectivity index (χ3v) is 6.33. The third kappa shape index (κ3) is 5.29. The zero-order valence-corrected chi connectivity index (χ0v) is 21.5. The first-order chi connectivity index (χ1) is 16.5. The number of nitrogens with zero attached hydrogens (tertiary/aromatic N) is 1. The SMILES string of the molecule is C[n+]1c(C(=O)[C@@H](N)Cc2c[nH]c3ccccc23)cc(C=Cc2ccc(N)cc2)c2ccccc21.Cl.Cl. The topological polar surface area (TPSA) is 88.8 Å². The van der Waals surface area contributed by atoms with E-state index in [4.69, 9.17) is 11.5 Å². The Kier molecular flexibility index (Phi) is 8.53. The molecule has 0 unspecified atom stereocenters. The van der Waals surface area contributed by atoms with Crippen molar-refractivity contribution in [3.63, 3.8) is 0 Å². The Morgan fingerprint density at radius 1 is 0.944 bits per heavy atom. The zero-order valence-electron chi connectivity index (χ0n) is 19.8. The second kappa shape index (κ2) is 11.4. The Balaban J connectivity index is 0.00000180. The lowest BCUT2D eigenvalue weighted by Gasteiger charge is -2.11. The normalized spacial score (nSPS) is 11.8. The molecule has 5 rings (SSSR count). The van der Waals surface area contributed by atoms with E-state index in [1.165, 1.54) is 0 Å². The molecular formula is C29H29Cl2N4O+. The molecule has 0 spiro atoms. The number of ketones is 1. The summed E-state index contributed by atoms with van der Waals surface area (Å²) in [6.07, 6.45) is 6.47. The summed E-state index contributed by atoms with van der Waals surface area (Å²) in [7, 11) is 1.92. The van der Waals surface area contributed by atoms with Crippen molar-refractivity contribution in [3.8, 4) is 0 Å². The highest BCUT2D eigenvalue weighted by Gasteiger charge is 2.27. The minimum Gasteiger partial charge on any atom is -0.399 e. The lowest BCUT2D eigenvalue weighted by atomic mass is 9.98. The van der Waals surface area contributed by atoms with E-state index >= 15 is 0 Å². The highest BCUT2D eigenvalue weighted by Crippen LogP contribution is 2.22. The molecule has 0 aliphatic carbocycles. The van der Waals surface area contributed by atoms with E-state index in [0.717, 1.165) is 44.2 Å². The lowest BCUT2D eigenvalue weighted by Crippen LogP contribution is -2.43. The second-order valence-corrected chi connectivity index (χ2v) is 8.60. The number of hydrogen-bond acceptors (Lipinski definition) is 3. The van der Waals surface area contributed by atoms with Crippen LogP contribution in [0.3, 0.4) is 0 Å². The minimum absolute atomic E-state index is 0. The van der Waals surface area contributed by atoms with Crippen molar-refractivity contribution in [2.75, 3.05) is 5.73 Å². The van der Waals surface area contributed by atoms with Gasteiger partial charge in [0, 0.05) is 34.9 Å². The summed E-state index contributed by atoms with van der Waals surface area (Å²) in [5.74, 6) is -0.0827. The Labute approximate surface area is 222 Å². The molecular weight excluding hydrogens is 491 g/mol. The van der Waals surface area contributed by atoms with Gasteiger partial charge in [-0.1, -0.05) is 54.6 Å². The number of nitrogens with one attached hydrogen (secondary N) is 1. The van der Waals surface area contributed by atoms with Gasteiger partial charge in [-0.3, -0.25) is 4.79 Å². The number of fused-ring (bicyclic) bond motifs is 2. The molecule has 36 heavy (non-hydrogen) atoms. The molecule has 0 radical (unpaired) electrons. The first-order valence-corrected chi connectivity index (χ1v) is 11.3. The van der Waals surface area contributed by atoms with Gasteiger partial charge in [-0.2, -0.15) is 4.57 Å². The molecule has 0 aliphatic rings. The molecule has 7 heteroatoms. The molecule has 5 N–H and O–H groups in total. The number of anilines is 1. The van der Waals surface area contributed by atoms with Gasteiger partial charge in [-0.05, 0) is 47.4 Å². The number of aromatic nitrogens is 2. The Bertz CT molecular complexity index is 1540. The number of pyridine rings is 1. The van der Waals surface area contributed by atoms with Crippen molar-refractivity contribution < 1.29 is 9.36 Å². The molecule has 2 aromatic heterocycles. The summed E-state index contributed by atoms with van der Waals surface area (Å²) in [5.41, 5.74) is 18.7. The van der Waals surface area contributed by atoms with E-state index in [1.54, 1.807) is 0 Å². The molecule has 0 saturated carbocycles. The minimum atomic E-state index is -0.652. The smallest absolute Gasteiger partial charge is 0.251 e. The molecule has 2 heterocycles. The molecule has 1 atom stereocenters. The zero-order chi connectivity index (χ0) is 23.7. The number of hydrogen-bond donors (Lipinski definition) is 3. The van der Waals surface area contributed by atoms with Crippen LogP contribution in [0.1, 0.15) is 27.2 Å². The number of nitrogens with two attached hydrogens (primary N) is 2. The van der Waals surface area contributed by atoms with Gasteiger partial charge in [-0.25, -0.2) is 0 Å². The number of para-hydroxylation sites is 2. The van der Waals surface area contributed by atoms with Gasteiger partial charge >= 0.3 is 0 Å². The van der Waals surface area contributed by atoms with Crippen molar-refractivity contribution in [3.05, 3.63) is 107 Å². The highest BCUT2D eigenvalue weighted by molar-refractivity contribution is 6.00. The van der Waals surface area contributed by atoms with E-state index in [9.17, 15) is 4.79 Å². The summed E-state index contributed by atoms with van der Waals surface area (Å²) >= 11 is 0. The Morgan fingerprint density at radius 3 is 2.36 bits per heavy atom. The van der Waals surface area contributed by atoms with Crippen LogP contribution in [0.15, 0.2) is 85.1 Å². The third-order valence-electron chi connectivity index (χ3n) is 6.33. The van der Waals surface area contributed by atoms with E-state index < -0.39 is 6.04 Å². The van der Waals surface area contributed by atoms with Gasteiger partial charge in [0.1, 0.15) is 7.05 Å². The molecule has 184 valence electrons. The maximum Gasteiger partial charge on any atom is 0.251 e. The molecule has 3 aromatic carbocycles. The van der Waals surface area contributed by atoms with Gasteiger partial charge in [0.25, 0.3) is 5.69 Å². The van der Waals surface area contributed by atoms with Gasteiger partial charge in [0.15, 0.2) is 0 Å². The van der Waals surface area contributed by atoms with E-state index in [2.05, 4.69) is 17.1 Å². The van der Waals surface area contributed by atoms with Crippen LogP contribution in [0.4, 0.5) is 5.69 Å². The lowest BCUT2D eigenvalue weighted by molar-refractivity contribution is -0.647. The molecule has 5 aromatic rings. The summed E-state index contributed by atoms with van der Waals surface area (Å²) in [4.78, 5) is 16.8. The van der Waals surface area contributed by atoms with E-state index in [0.29, 0.717) is 12.1 Å². The van der Waals surface area contributed by atoms with E-state index in [1.807, 2.05) is 96.7 Å². The second-order valence-electron chi connectivity index (χ2n) is 8.60. The first kappa shape index (κ1) is 27.0. The average Bonchev–Trinajstić information content (AvgIpc) is 3.27. The molecule has 5 nitrogen and oxygen atoms in total. The monoisotopic (exact) mass is 519 g/mol. The van der Waals surface area contributed by atoms with Gasteiger partial charge < -0.3 is 16.5 Å². The van der Waals surface area contributed by atoms with Gasteiger partial charge in [0.2, 0.25) is 11.3 Å². The number of halogens is 2. The van der Waals surface area contributed by atoms with Gasteiger partial charge in [-0.15, -0.1) is 24.8 Å². The number of nitrogen functional groups attached to an aromatic ring is 1. The van der Waals surface area contributed by atoms with Crippen LogP contribution < -0.4 is 16.0 Å². The number of aryl methyl sites for hydroxylation is 1. The van der Waals surface area contributed by atoms with Crippen molar-refractivity contribution in [2.24, 2.45) is 12.8 Å². The number of Topliss-reactive ketones (excluding diaryl/α,β-unsaturated/α-hetero) is 1. The van der Waals surface area contributed by atoms with Crippen LogP contribution in [-0.2, 0) is 13.5 Å². The fourth-order valence-corrected chi connectivity index (χ4v) is 4.45. The Hall–Kier alpha value is -3.64. The number of rotatable bonds is 6. The first-order valence-electron chi connectivity index (χ1n) is 11.3. The summed E-state index contributed by atoms with van der Waals surface area (Å²) in [5, 5.41) is 2.17. The highest BCUT2D eigenvalue weighted by atomic mass is 35.5. The summed E-state index contributed by atoms with van der Waals surface area (Å²) in [6.45, 7) is 0. The molecule has 0 amide bonds. The predicted octanol–water partition coefficient (Wildman–Crippen LogP) is 5.49. The van der Waals surface area contributed by atoms with Crippen LogP contribution in [0, 0.1) is 0 Å². The maximum atomic E-state index is 13.5. The van der Waals surface area contributed by atoms with Crippen LogP contribution >= 0.6 is 24.8 Å². The fraction of sp³-hybridized carbons (Fsp3) is 0.103. The van der Waals surface area contributed by atoms with E-state index in [-0.39, 0.29) is 30.6 Å². The van der Waals surface area contributed by atoms with Crippen LogP contribution in [0.25, 0.3) is 34.0 Å². The average molecular weight is 520 g/mol. The number of H-pyrrole nitrogens is 1. The number of carbonyl (C=O) groups excluding carboxylic acids is 1. The van der Waals surface area contributed by atoms with Crippen molar-refractivity contribution in [1.82, 2.24) is 4.98 Å². The molecule has 0 fully saturated rings. The van der Waals surface area contributed by atoms with Crippen LogP contribution in [-0.4, -0.2) is 16.8 Å². The van der Waals surface area contributed by atoms with Crippen molar-refractivity contribution in [1.29, 1.82) is 0 Å². The molecule has 0 aliphatic heterocycles. The van der Waals surface area contributed by atoms with Crippen molar-refractivity contribution >= 4 is 70.2 Å². The van der Waals surface area contributed by atoms with Crippen LogP contribution in [0.5, 0.6) is 0 Å². The van der Waals surface area contributed by atoms with Crippen molar-refractivity contribution in [2.45, 2.75) is 12.5 Å². The number of carbonyl (C=O) groups is 1. The Morgan fingerprint density at radius 2 is 1.61 bits per heavy atom. The number of aromatic amines is 1. The molecule has 0 saturated heterocycles. The standard InChI is InChI=1S/C29H26N4O.2ClH/c1-33-27-9-5-3-7-24(27)20(13-10-19-11-14-22(30)15-12-19)17-28(33)29(34)25(31)16-21-18-32-26-8-4-2-6-23(21)26;;/h2-15,17-18,25,30,32H,16,31H2,1H3;2*1H/p+1/t25-;;/m0../s1. The van der Waals surface area contributed by atoms with Crippen LogP contribution in [0.2, 0.25) is 0 Å². The number of benzene rings is 3. The predicted molar refractivity (Wildman–Crippen MR) is 154 cm³/mol. The van der Waals surface area contributed by atoms with Gasteiger partial charge in [0.05, 0.1) is 11.4 Å². The summed E-state index contributed by atoms with van der Waals surface area (Å²) in [6, 6.07) is 25.1.